The predicted molar refractivity (Wildman–Crippen MR) is 99.9 cm³/mol. The highest BCUT2D eigenvalue weighted by Crippen LogP contribution is 2.17. The fraction of sp³-hybridized carbons (Fsp3) is 0.600. The Bertz CT molecular complexity index is 551. The quantitative estimate of drug-likeness (QED) is 0.796. The minimum Gasteiger partial charge on any atom is -0.352 e. The molecular weight excluding hydrogens is 314 g/mol. The van der Waals surface area contributed by atoms with E-state index in [0.29, 0.717) is 19.0 Å². The van der Waals surface area contributed by atoms with Crippen LogP contribution >= 0.6 is 0 Å². The number of benzene rings is 1. The van der Waals surface area contributed by atoms with Crippen molar-refractivity contribution in [2.45, 2.75) is 46.2 Å². The molecule has 1 atom stereocenters. The molecule has 0 saturated carbocycles. The Morgan fingerprint density at radius 1 is 1.12 bits per heavy atom. The molecule has 1 saturated heterocycles. The van der Waals surface area contributed by atoms with Gasteiger partial charge in [-0.25, -0.2) is 0 Å². The van der Waals surface area contributed by atoms with Crippen LogP contribution in [0.2, 0.25) is 0 Å². The molecular formula is C20H31N3O2. The van der Waals surface area contributed by atoms with Crippen molar-refractivity contribution in [1.82, 2.24) is 15.5 Å². The fourth-order valence-corrected chi connectivity index (χ4v) is 2.95. The van der Waals surface area contributed by atoms with E-state index in [1.165, 1.54) is 0 Å². The number of nitrogens with one attached hydrogen (secondary N) is 2. The van der Waals surface area contributed by atoms with Crippen LogP contribution in [0.5, 0.6) is 0 Å². The number of hydrogen-bond donors (Lipinski definition) is 2. The lowest BCUT2D eigenvalue weighted by molar-refractivity contribution is -0.127. The van der Waals surface area contributed by atoms with Gasteiger partial charge in [0, 0.05) is 18.5 Å². The average molecular weight is 345 g/mol. The molecule has 1 unspecified atom stereocenters. The summed E-state index contributed by atoms with van der Waals surface area (Å²) in [5.74, 6) is 0.690. The van der Waals surface area contributed by atoms with Gasteiger partial charge in [-0.05, 0) is 44.3 Å². The second-order valence-electron chi connectivity index (χ2n) is 7.35. The topological polar surface area (TPSA) is 61.4 Å². The summed E-state index contributed by atoms with van der Waals surface area (Å²) in [6.45, 7) is 8.84. The van der Waals surface area contributed by atoms with Gasteiger partial charge in [-0.1, -0.05) is 44.2 Å². The van der Waals surface area contributed by atoms with E-state index in [-0.39, 0.29) is 23.8 Å². The number of amides is 2. The summed E-state index contributed by atoms with van der Waals surface area (Å²) in [6, 6.07) is 10.1. The molecule has 1 fully saturated rings. The Morgan fingerprint density at radius 3 is 2.36 bits per heavy atom. The maximum absolute atomic E-state index is 12.3. The molecule has 1 aromatic carbocycles. The van der Waals surface area contributed by atoms with Crippen LogP contribution in [0.3, 0.4) is 0 Å². The summed E-state index contributed by atoms with van der Waals surface area (Å²) < 4.78 is 0. The van der Waals surface area contributed by atoms with Gasteiger partial charge in [0.1, 0.15) is 0 Å². The van der Waals surface area contributed by atoms with Crippen molar-refractivity contribution in [2.24, 2.45) is 11.8 Å². The lowest BCUT2D eigenvalue weighted by Crippen LogP contribution is -2.46. The zero-order chi connectivity index (χ0) is 18.2. The Kier molecular flexibility index (Phi) is 7.44. The summed E-state index contributed by atoms with van der Waals surface area (Å²) in [4.78, 5) is 26.5. The Morgan fingerprint density at radius 2 is 1.76 bits per heavy atom. The molecule has 2 amide bonds. The zero-order valence-electron chi connectivity index (χ0n) is 15.6. The summed E-state index contributed by atoms with van der Waals surface area (Å²) in [5, 5.41) is 6.07. The van der Waals surface area contributed by atoms with Crippen molar-refractivity contribution in [3.63, 3.8) is 0 Å². The highest BCUT2D eigenvalue weighted by molar-refractivity contribution is 5.79. The average Bonchev–Trinajstić information content (AvgIpc) is 2.61. The second kappa shape index (κ2) is 9.56. The van der Waals surface area contributed by atoms with Crippen LogP contribution in [0.4, 0.5) is 0 Å². The van der Waals surface area contributed by atoms with Gasteiger partial charge >= 0.3 is 0 Å². The molecule has 138 valence electrons. The number of carbonyl (C=O) groups is 2. The lowest BCUT2D eigenvalue weighted by Gasteiger charge is -2.31. The van der Waals surface area contributed by atoms with E-state index in [1.807, 2.05) is 37.3 Å². The van der Waals surface area contributed by atoms with Crippen LogP contribution in [-0.4, -0.2) is 42.4 Å². The van der Waals surface area contributed by atoms with Crippen LogP contribution in [0.15, 0.2) is 30.3 Å². The third-order valence-corrected chi connectivity index (χ3v) is 5.02. The van der Waals surface area contributed by atoms with Crippen molar-refractivity contribution in [1.29, 1.82) is 0 Å². The van der Waals surface area contributed by atoms with Gasteiger partial charge in [0.05, 0.1) is 6.54 Å². The molecule has 2 rings (SSSR count). The first-order valence-electron chi connectivity index (χ1n) is 9.29. The van der Waals surface area contributed by atoms with E-state index in [1.54, 1.807) is 0 Å². The Balaban J connectivity index is 1.68. The SMILES string of the molecule is CC(C)C(C)NC(=O)CN1CCC(C(=O)NCc2ccccc2)CC1. The monoisotopic (exact) mass is 345 g/mol. The van der Waals surface area contributed by atoms with E-state index in [9.17, 15) is 9.59 Å². The third kappa shape index (κ3) is 6.50. The maximum Gasteiger partial charge on any atom is 0.234 e. The van der Waals surface area contributed by atoms with Crippen molar-refractivity contribution in [3.05, 3.63) is 35.9 Å². The molecule has 25 heavy (non-hydrogen) atoms. The zero-order valence-corrected chi connectivity index (χ0v) is 15.6. The van der Waals surface area contributed by atoms with E-state index >= 15 is 0 Å². The summed E-state index contributed by atoms with van der Waals surface area (Å²) in [6.07, 6.45) is 1.63. The fourth-order valence-electron chi connectivity index (χ4n) is 2.95. The van der Waals surface area contributed by atoms with Crippen LogP contribution in [0, 0.1) is 11.8 Å². The van der Waals surface area contributed by atoms with Crippen molar-refractivity contribution in [2.75, 3.05) is 19.6 Å². The molecule has 0 aliphatic carbocycles. The minimum atomic E-state index is 0.0533. The molecule has 5 heteroatoms. The van der Waals surface area contributed by atoms with E-state index < -0.39 is 0 Å². The second-order valence-corrected chi connectivity index (χ2v) is 7.35. The molecule has 1 aromatic rings. The van der Waals surface area contributed by atoms with Gasteiger partial charge in [0.25, 0.3) is 0 Å². The van der Waals surface area contributed by atoms with Gasteiger partial charge in [-0.2, -0.15) is 0 Å². The van der Waals surface area contributed by atoms with Crippen LogP contribution in [0.25, 0.3) is 0 Å². The minimum absolute atomic E-state index is 0.0533. The van der Waals surface area contributed by atoms with Gasteiger partial charge in [0.15, 0.2) is 0 Å². The first-order chi connectivity index (χ1) is 12.0. The molecule has 2 N–H and O–H groups in total. The standard InChI is InChI=1S/C20H31N3O2/c1-15(2)16(3)22-19(24)14-23-11-9-18(10-12-23)20(25)21-13-17-7-5-4-6-8-17/h4-8,15-16,18H,9-14H2,1-3H3,(H,21,25)(H,22,24). The molecule has 0 aromatic heterocycles. The predicted octanol–water partition coefficient (Wildman–Crippen LogP) is 2.18. The lowest BCUT2D eigenvalue weighted by atomic mass is 9.95. The van der Waals surface area contributed by atoms with Crippen LogP contribution in [0.1, 0.15) is 39.2 Å². The molecule has 0 radical (unpaired) electrons. The van der Waals surface area contributed by atoms with Gasteiger partial charge < -0.3 is 10.6 Å². The largest absolute Gasteiger partial charge is 0.352 e. The number of rotatable bonds is 7. The number of likely N-dealkylation sites (tertiary alicyclic amines) is 1. The van der Waals surface area contributed by atoms with Crippen molar-refractivity contribution >= 4 is 11.8 Å². The molecule has 1 aliphatic rings. The van der Waals surface area contributed by atoms with Gasteiger partial charge in [0.2, 0.25) is 11.8 Å². The molecule has 1 heterocycles. The van der Waals surface area contributed by atoms with Gasteiger partial charge in [-0.3, -0.25) is 14.5 Å². The molecule has 1 aliphatic heterocycles. The van der Waals surface area contributed by atoms with Gasteiger partial charge in [-0.15, -0.1) is 0 Å². The van der Waals surface area contributed by atoms with Crippen molar-refractivity contribution < 1.29 is 9.59 Å². The Labute approximate surface area is 151 Å². The summed E-state index contributed by atoms with van der Waals surface area (Å²) >= 11 is 0. The summed E-state index contributed by atoms with van der Waals surface area (Å²) in [7, 11) is 0. The molecule has 0 bridgehead atoms. The Hall–Kier alpha value is -1.88. The number of piperidine rings is 1. The van der Waals surface area contributed by atoms with E-state index in [0.717, 1.165) is 31.5 Å². The van der Waals surface area contributed by atoms with Crippen molar-refractivity contribution in [3.8, 4) is 0 Å². The highest BCUT2D eigenvalue weighted by atomic mass is 16.2. The number of carbonyl (C=O) groups excluding carboxylic acids is 2. The van der Waals surface area contributed by atoms with Crippen LogP contribution in [-0.2, 0) is 16.1 Å². The third-order valence-electron chi connectivity index (χ3n) is 5.02. The maximum atomic E-state index is 12.3. The first-order valence-corrected chi connectivity index (χ1v) is 9.29. The normalized spacial score (nSPS) is 17.3. The van der Waals surface area contributed by atoms with E-state index in [2.05, 4.69) is 29.4 Å². The highest BCUT2D eigenvalue weighted by Gasteiger charge is 2.26. The number of hydrogen-bond acceptors (Lipinski definition) is 3. The van der Waals surface area contributed by atoms with E-state index in [4.69, 9.17) is 0 Å². The molecule has 5 nitrogen and oxygen atoms in total. The number of nitrogens with zero attached hydrogens (tertiary/aromatic N) is 1. The summed E-state index contributed by atoms with van der Waals surface area (Å²) in [5.41, 5.74) is 1.12. The van der Waals surface area contributed by atoms with Crippen LogP contribution < -0.4 is 10.6 Å². The smallest absolute Gasteiger partial charge is 0.234 e. The first kappa shape index (κ1) is 19.4. The molecule has 0 spiro atoms.